The van der Waals surface area contributed by atoms with E-state index >= 15 is 0 Å². The van der Waals surface area contributed by atoms with E-state index in [1.54, 1.807) is 18.2 Å². The Bertz CT molecular complexity index is 7260. The Morgan fingerprint density at radius 2 is 0.686 bits per heavy atom. The van der Waals surface area contributed by atoms with E-state index in [0.29, 0.717) is 0 Å². The summed E-state index contributed by atoms with van der Waals surface area (Å²) in [5.74, 6) is -0.890. The van der Waals surface area contributed by atoms with Crippen molar-refractivity contribution in [2.75, 3.05) is 4.90 Å². The summed E-state index contributed by atoms with van der Waals surface area (Å²) in [4.78, 5) is 36.8. The highest BCUT2D eigenvalue weighted by Crippen LogP contribution is 2.52. The highest BCUT2D eigenvalue weighted by molar-refractivity contribution is 6.23. The van der Waals surface area contributed by atoms with Gasteiger partial charge in [-0.25, -0.2) is 15.0 Å². The van der Waals surface area contributed by atoms with Crippen molar-refractivity contribution in [1.29, 1.82) is 15.8 Å². The summed E-state index contributed by atoms with van der Waals surface area (Å²) in [6.45, 7) is 26.4. The molecule has 4 heterocycles. The molecule has 1 aliphatic carbocycles. The van der Waals surface area contributed by atoms with Crippen molar-refractivity contribution in [2.45, 2.75) is 19.3 Å². The fourth-order valence-electron chi connectivity index (χ4n) is 16.7. The molecule has 4 aromatic heterocycles. The van der Waals surface area contributed by atoms with Gasteiger partial charge >= 0.3 is 5.82 Å². The van der Waals surface area contributed by atoms with Crippen molar-refractivity contribution in [3.63, 3.8) is 0 Å². The van der Waals surface area contributed by atoms with Crippen LogP contribution in [0.15, 0.2) is 328 Å². The molecular formula is C103H60BN14. The first-order valence-corrected chi connectivity index (χ1v) is 37.9. The lowest BCUT2D eigenvalue weighted by atomic mass is 9.82. The van der Waals surface area contributed by atoms with Gasteiger partial charge < -0.3 is 24.0 Å². The van der Waals surface area contributed by atoms with Crippen molar-refractivity contribution in [2.24, 2.45) is 0 Å². The van der Waals surface area contributed by atoms with Gasteiger partial charge in [-0.1, -0.05) is 282 Å². The van der Waals surface area contributed by atoms with Crippen LogP contribution in [-0.4, -0.2) is 42.9 Å². The maximum absolute atomic E-state index is 9.30. The summed E-state index contributed by atoms with van der Waals surface area (Å²) in [6, 6.07) is 125. The zero-order chi connectivity index (χ0) is 79.4. The summed E-state index contributed by atoms with van der Waals surface area (Å²) < 4.78 is 2.37. The van der Waals surface area contributed by atoms with Crippen LogP contribution in [0.5, 0.6) is 0 Å². The Morgan fingerprint density at radius 3 is 1.20 bits per heavy atom. The molecule has 0 atom stereocenters. The number of hydrogen-bond acceptors (Lipinski definition) is 10. The van der Waals surface area contributed by atoms with E-state index in [2.05, 4.69) is 395 Å². The zero-order valence-electron chi connectivity index (χ0n) is 63.5. The highest BCUT2D eigenvalue weighted by Gasteiger charge is 2.36. The maximum Gasteiger partial charge on any atom is 0.307 e. The number of para-hydroxylation sites is 2. The largest absolute Gasteiger partial charge is 0.370 e. The van der Waals surface area contributed by atoms with Crippen LogP contribution in [0.2, 0.25) is 0 Å². The first kappa shape index (κ1) is 72.7. The lowest BCUT2D eigenvalue weighted by Gasteiger charge is -2.28. The second kappa shape index (κ2) is 30.0. The molecule has 0 unspecified atom stereocenters. The van der Waals surface area contributed by atoms with Crippen molar-refractivity contribution in [3.8, 4) is 79.5 Å². The number of nitrogens with zero attached hydrogens (tertiary/aromatic N) is 14. The Labute approximate surface area is 680 Å². The van der Waals surface area contributed by atoms with Gasteiger partial charge in [-0.2, -0.15) is 15.8 Å². The quantitative estimate of drug-likeness (QED) is 0.0617. The van der Waals surface area contributed by atoms with Crippen molar-refractivity contribution in [1.82, 2.24) is 34.5 Å². The summed E-state index contributed by atoms with van der Waals surface area (Å²) in [6.07, 6.45) is 0. The molecule has 1 aliphatic rings. The van der Waals surface area contributed by atoms with Crippen LogP contribution >= 0.6 is 0 Å². The molecule has 545 valence electrons. The first-order valence-electron chi connectivity index (χ1n) is 37.9. The standard InChI is InChI=1S/C51H38N2.C34H22.C18N12.B/c1-51(2)47-19-11-9-17-43(47)44-31-30-42(34-48(44)51)52(40-26-21-36(22-27-40)35-13-5-3-6-14-35)41-28-23-37(24-29-41)38-25-32-50-46(33-38)45-18-10-12-20-49(45)53(50)39-15-7-4-8-16-39;1-3-11-25-21-27(19-17-23(25)9-1)33-29-13-5-7-15-31(29)34(32-16-8-6-14-30(32)33)28-20-18-24-10-2-4-12-26(24)22-28;1-22-16-9(6-21)27-12-10-11(26-8(5-20)7(4-19)25-10)14-15(13(12)28-16)30-18(24-3)17(23-2)29-14;/h3-34H,1-2H3;1-22H;;. The van der Waals surface area contributed by atoms with Crippen LogP contribution in [-0.2, 0) is 5.41 Å². The third-order valence-corrected chi connectivity index (χ3v) is 22.2. The van der Waals surface area contributed by atoms with E-state index < -0.39 is 0 Å². The van der Waals surface area contributed by atoms with Crippen molar-refractivity contribution >= 4 is 141 Å². The molecule has 21 rings (SSSR count). The van der Waals surface area contributed by atoms with Crippen LogP contribution in [0.4, 0.5) is 34.5 Å². The molecule has 118 heavy (non-hydrogen) atoms. The summed E-state index contributed by atoms with van der Waals surface area (Å²) >= 11 is 0. The topological polar surface area (TPSA) is 170 Å². The zero-order valence-corrected chi connectivity index (χ0v) is 63.5. The van der Waals surface area contributed by atoms with E-state index in [1.807, 2.05) is 0 Å². The number of anilines is 3. The molecule has 15 heteroatoms. The maximum atomic E-state index is 9.30. The van der Waals surface area contributed by atoms with Gasteiger partial charge in [0.1, 0.15) is 34.8 Å². The Hall–Kier alpha value is -16.8. The van der Waals surface area contributed by atoms with Crippen LogP contribution in [0, 0.1) is 53.7 Å². The number of hydrogen-bond donors (Lipinski definition) is 0. The van der Waals surface area contributed by atoms with Crippen LogP contribution < -0.4 is 4.90 Å². The molecule has 0 fully saturated rings. The van der Waals surface area contributed by atoms with Crippen LogP contribution in [0.25, 0.3) is 174 Å². The van der Waals surface area contributed by atoms with Crippen LogP contribution in [0.1, 0.15) is 42.1 Å². The number of rotatable bonds is 8. The molecule has 0 bridgehead atoms. The van der Waals surface area contributed by atoms with Gasteiger partial charge in [0.25, 0.3) is 17.2 Å². The molecule has 20 aromatic rings. The fraction of sp³-hybridized carbons (Fsp3) is 0.0291. The molecule has 0 saturated heterocycles. The highest BCUT2D eigenvalue weighted by atomic mass is 15.1. The molecule has 0 spiro atoms. The average Bonchev–Trinajstić information content (AvgIpc) is 1.11. The Kier molecular flexibility index (Phi) is 18.5. The number of fused-ring (bicyclic) bond motifs is 16. The Morgan fingerprint density at radius 1 is 0.305 bits per heavy atom. The number of aromatic nitrogens is 7. The van der Waals surface area contributed by atoms with Gasteiger partial charge in [0.2, 0.25) is 11.0 Å². The third kappa shape index (κ3) is 12.4. The first-order chi connectivity index (χ1) is 57.5. The van der Waals surface area contributed by atoms with E-state index in [9.17, 15) is 15.8 Å². The van der Waals surface area contributed by atoms with Gasteiger partial charge in [0, 0.05) is 47.4 Å². The van der Waals surface area contributed by atoms with E-state index in [0.717, 1.165) is 17.1 Å². The van der Waals surface area contributed by atoms with Crippen molar-refractivity contribution in [3.05, 3.63) is 390 Å². The molecule has 16 aromatic carbocycles. The summed E-state index contributed by atoms with van der Waals surface area (Å²) in [5, 5.41) is 40.7. The minimum Gasteiger partial charge on any atom is -0.370 e. The second-order valence-corrected chi connectivity index (χ2v) is 29.0. The molecule has 0 aliphatic heterocycles. The second-order valence-electron chi connectivity index (χ2n) is 29.0. The minimum absolute atomic E-state index is 0. The van der Waals surface area contributed by atoms with Gasteiger partial charge in [-0.05, 0) is 189 Å². The summed E-state index contributed by atoms with van der Waals surface area (Å²) in [5.41, 5.74) is 21.4. The average molecular weight is 1500 g/mol. The predicted octanol–water partition coefficient (Wildman–Crippen LogP) is 25.9. The van der Waals surface area contributed by atoms with Crippen molar-refractivity contribution < 1.29 is 0 Å². The number of nitriles is 3. The van der Waals surface area contributed by atoms with E-state index in [1.165, 1.54) is 137 Å². The van der Waals surface area contributed by atoms with E-state index in [4.69, 9.17) is 19.7 Å². The normalized spacial score (nSPS) is 11.6. The van der Waals surface area contributed by atoms with E-state index in [-0.39, 0.29) is 81.5 Å². The molecule has 0 amide bonds. The fourth-order valence-corrected chi connectivity index (χ4v) is 16.7. The SMILES string of the molecule is CC1(C)c2ccccc2-c2ccc(N(c3ccc(-c4ccccc4)cc3)c3ccc(-c4ccc5c(c4)c4ccccc4n5-c4ccccc4)cc3)cc21.[B].[C-]#[N+]c1nc2c(nc1C#N)c1nc(C#N)c(C#N)nc1c1nc([N+]#[C-])c([N+]#[C-])nc21.c1ccc2cc(-c3c4ccccc4c(-c4ccc5ccccc5c4)c4ccccc34)ccc2c1. The number of benzene rings is 16. The molecule has 0 N–H and O–H groups in total. The monoisotopic (exact) mass is 1500 g/mol. The summed E-state index contributed by atoms with van der Waals surface area (Å²) in [7, 11) is 0. The minimum atomic E-state index is -0.298. The molecule has 3 radical (unpaired) electrons. The van der Waals surface area contributed by atoms with Gasteiger partial charge in [-0.3, -0.25) is 0 Å². The molecular weight excluding hydrogens is 1440 g/mol. The predicted molar refractivity (Wildman–Crippen MR) is 476 cm³/mol. The smallest absolute Gasteiger partial charge is 0.307 e. The third-order valence-electron chi connectivity index (χ3n) is 22.2. The molecule has 0 saturated carbocycles. The van der Waals surface area contributed by atoms with Crippen LogP contribution in [0.3, 0.4) is 0 Å². The van der Waals surface area contributed by atoms with Gasteiger partial charge in [0.05, 0.1) is 11.0 Å². The molecule has 14 nitrogen and oxygen atoms in total. The lowest BCUT2D eigenvalue weighted by Crippen LogP contribution is -2.16. The van der Waals surface area contributed by atoms with Gasteiger partial charge in [0.15, 0.2) is 17.1 Å². The Balaban J connectivity index is 0.000000128. The van der Waals surface area contributed by atoms with Gasteiger partial charge in [-0.15, -0.1) is 15.0 Å². The lowest BCUT2D eigenvalue weighted by molar-refractivity contribution is 0.660.